The fourth-order valence-corrected chi connectivity index (χ4v) is 0.347. The molecule has 0 aromatic carbocycles. The van der Waals surface area contributed by atoms with Crippen LogP contribution < -0.4 is 0 Å². The Hall–Kier alpha value is -0.0800. The molecule has 0 bridgehead atoms. The number of hydrogen-bond acceptors (Lipinski definition) is 2. The first kappa shape index (κ1) is 5.06. The van der Waals surface area contributed by atoms with E-state index in [1.165, 1.54) is 0 Å². The molecule has 0 saturated heterocycles. The van der Waals surface area contributed by atoms with Crippen molar-refractivity contribution in [1.29, 1.82) is 0 Å². The molecule has 0 aromatic heterocycles. The molecule has 1 unspecified atom stereocenters. The van der Waals surface area contributed by atoms with Crippen molar-refractivity contribution in [1.82, 2.24) is 0 Å². The summed E-state index contributed by atoms with van der Waals surface area (Å²) in [6.07, 6.45) is 1.90. The van der Waals surface area contributed by atoms with Crippen LogP contribution in [0.2, 0.25) is 0 Å². The Morgan fingerprint density at radius 2 is 1.86 bits per heavy atom. The molecule has 0 aromatic rings. The fourth-order valence-electron chi connectivity index (χ4n) is 0.347. The van der Waals surface area contributed by atoms with Gasteiger partial charge in [-0.25, -0.2) is 0 Å². The van der Waals surface area contributed by atoms with Crippen molar-refractivity contribution in [2.45, 2.75) is 19.3 Å². The second kappa shape index (κ2) is 5.92. The highest BCUT2D eigenvalue weighted by atomic mass is 16.3. The van der Waals surface area contributed by atoms with Gasteiger partial charge in [-0.1, -0.05) is 0 Å². The predicted molar refractivity (Wildman–Crippen MR) is 28.0 cm³/mol. The van der Waals surface area contributed by atoms with Crippen molar-refractivity contribution in [3.8, 4) is 0 Å². The first-order valence-electron chi connectivity index (χ1n) is 3.06. The highest BCUT2D eigenvalue weighted by molar-refractivity contribution is 4.35. The number of aliphatic hydroxyl groups excluding tert-OH is 2. The molecule has 0 radical (unpaired) electrons. The molecule has 44 valence electrons. The number of aliphatic hydroxyl groups is 2. The van der Waals surface area contributed by atoms with Crippen LogP contribution in [0.25, 0.3) is 0 Å². The molecule has 0 amide bonds. The number of unbranched alkanes of at least 4 members (excludes halogenated alkanes) is 1. The van der Waals surface area contributed by atoms with Gasteiger partial charge in [0.1, 0.15) is 0 Å². The topological polar surface area (TPSA) is 40.5 Å². The summed E-state index contributed by atoms with van der Waals surface area (Å²) < 4.78 is 6.63. The Labute approximate surface area is 45.2 Å². The summed E-state index contributed by atoms with van der Waals surface area (Å²) in [7, 11) is 0. The zero-order valence-electron chi connectivity index (χ0n) is 5.30. The SMILES string of the molecule is [2H]C(O)CCCCO. The van der Waals surface area contributed by atoms with E-state index in [4.69, 9.17) is 11.6 Å². The van der Waals surface area contributed by atoms with E-state index in [-0.39, 0.29) is 6.61 Å². The van der Waals surface area contributed by atoms with Crippen LogP contribution in [0, 0.1) is 0 Å². The molecule has 0 fully saturated rings. The Morgan fingerprint density at radius 3 is 2.29 bits per heavy atom. The Balaban J connectivity index is 2.72. The number of rotatable bonds is 4. The van der Waals surface area contributed by atoms with Gasteiger partial charge in [0.15, 0.2) is 0 Å². The average Bonchev–Trinajstić information content (AvgIpc) is 1.66. The molecule has 2 nitrogen and oxygen atoms in total. The van der Waals surface area contributed by atoms with E-state index in [0.29, 0.717) is 12.8 Å². The lowest BCUT2D eigenvalue weighted by Crippen LogP contribution is -1.85. The summed E-state index contributed by atoms with van der Waals surface area (Å²) in [6, 6.07) is 0. The van der Waals surface area contributed by atoms with Gasteiger partial charge in [0.2, 0.25) is 0 Å². The van der Waals surface area contributed by atoms with E-state index >= 15 is 0 Å². The quantitative estimate of drug-likeness (QED) is 0.499. The molecule has 0 spiro atoms. The van der Waals surface area contributed by atoms with Crippen LogP contribution in [0.4, 0.5) is 0 Å². The molecule has 0 heterocycles. The molecule has 0 saturated carbocycles. The van der Waals surface area contributed by atoms with Crippen molar-refractivity contribution in [2.75, 3.05) is 13.2 Å². The maximum absolute atomic E-state index is 8.36. The van der Waals surface area contributed by atoms with Crippen LogP contribution >= 0.6 is 0 Å². The highest BCUT2D eigenvalue weighted by Crippen LogP contribution is 1.90. The van der Waals surface area contributed by atoms with Gasteiger partial charge in [-0.15, -0.1) is 0 Å². The predicted octanol–water partition coefficient (Wildman–Crippen LogP) is 0.141. The summed E-state index contributed by atoms with van der Waals surface area (Å²) in [5.74, 6) is 0. The maximum atomic E-state index is 8.36. The van der Waals surface area contributed by atoms with Crippen LogP contribution in [0.5, 0.6) is 0 Å². The minimum absolute atomic E-state index is 0.159. The standard InChI is InChI=1S/C5H12O2/c6-4-2-1-3-5-7/h6-7H,1-5H2/i4D. The second-order valence-corrected chi connectivity index (χ2v) is 1.40. The third-order valence-electron chi connectivity index (χ3n) is 0.741. The summed E-state index contributed by atoms with van der Waals surface area (Å²) in [5, 5.41) is 16.6. The van der Waals surface area contributed by atoms with E-state index < -0.39 is 6.58 Å². The van der Waals surface area contributed by atoms with Crippen LogP contribution in [-0.2, 0) is 0 Å². The van der Waals surface area contributed by atoms with Crippen LogP contribution in [0.15, 0.2) is 0 Å². The molecular weight excluding hydrogens is 92.1 g/mol. The summed E-state index contributed by atoms with van der Waals surface area (Å²) in [5.41, 5.74) is 0. The Morgan fingerprint density at radius 1 is 1.14 bits per heavy atom. The number of hydrogen-bond donors (Lipinski definition) is 2. The minimum atomic E-state index is -0.957. The second-order valence-electron chi connectivity index (χ2n) is 1.40. The largest absolute Gasteiger partial charge is 0.396 e. The smallest absolute Gasteiger partial charge is 0.0564 e. The monoisotopic (exact) mass is 105 g/mol. The third kappa shape index (κ3) is 5.92. The lowest BCUT2D eigenvalue weighted by atomic mass is 10.2. The van der Waals surface area contributed by atoms with Gasteiger partial charge >= 0.3 is 0 Å². The Kier molecular flexibility index (Phi) is 4.28. The molecule has 0 aliphatic carbocycles. The van der Waals surface area contributed by atoms with Gasteiger partial charge in [-0.2, -0.15) is 0 Å². The maximum Gasteiger partial charge on any atom is 0.0564 e. The van der Waals surface area contributed by atoms with Crippen LogP contribution in [0.3, 0.4) is 0 Å². The molecule has 0 aliphatic rings. The zero-order chi connectivity index (χ0) is 6.41. The van der Waals surface area contributed by atoms with Crippen molar-refractivity contribution >= 4 is 0 Å². The van der Waals surface area contributed by atoms with Gasteiger partial charge in [0, 0.05) is 13.2 Å². The lowest BCUT2D eigenvalue weighted by Gasteiger charge is -1.90. The molecule has 0 rings (SSSR count). The molecule has 0 aliphatic heterocycles. The van der Waals surface area contributed by atoms with Gasteiger partial charge in [0.25, 0.3) is 0 Å². The van der Waals surface area contributed by atoms with Crippen LogP contribution in [-0.4, -0.2) is 23.4 Å². The van der Waals surface area contributed by atoms with E-state index in [2.05, 4.69) is 0 Å². The van der Waals surface area contributed by atoms with Crippen molar-refractivity contribution in [3.63, 3.8) is 0 Å². The first-order chi connectivity index (χ1) is 3.77. The summed E-state index contributed by atoms with van der Waals surface area (Å²) >= 11 is 0. The van der Waals surface area contributed by atoms with Gasteiger partial charge in [-0.3, -0.25) is 0 Å². The summed E-state index contributed by atoms with van der Waals surface area (Å²) in [4.78, 5) is 0. The fraction of sp³-hybridized carbons (Fsp3) is 1.00. The van der Waals surface area contributed by atoms with Gasteiger partial charge in [0.05, 0.1) is 1.37 Å². The van der Waals surface area contributed by atoms with E-state index in [1.54, 1.807) is 0 Å². The molecule has 1 atom stereocenters. The molecule has 7 heavy (non-hydrogen) atoms. The first-order valence-corrected chi connectivity index (χ1v) is 2.48. The highest BCUT2D eigenvalue weighted by Gasteiger charge is 1.81. The molecular formula is C5H12O2. The van der Waals surface area contributed by atoms with E-state index in [0.717, 1.165) is 6.42 Å². The Bertz CT molecular complexity index is 47.7. The third-order valence-corrected chi connectivity index (χ3v) is 0.741. The normalized spacial score (nSPS) is 16.0. The van der Waals surface area contributed by atoms with Gasteiger partial charge in [-0.05, 0) is 19.3 Å². The van der Waals surface area contributed by atoms with Crippen LogP contribution in [0.1, 0.15) is 20.6 Å². The van der Waals surface area contributed by atoms with Crippen molar-refractivity contribution in [2.24, 2.45) is 0 Å². The van der Waals surface area contributed by atoms with Crippen molar-refractivity contribution < 1.29 is 11.6 Å². The summed E-state index contributed by atoms with van der Waals surface area (Å²) in [6.45, 7) is -0.797. The molecule has 2 heteroatoms. The molecule has 2 N–H and O–H groups in total. The van der Waals surface area contributed by atoms with E-state index in [9.17, 15) is 0 Å². The minimum Gasteiger partial charge on any atom is -0.396 e. The van der Waals surface area contributed by atoms with Crippen molar-refractivity contribution in [3.05, 3.63) is 0 Å². The van der Waals surface area contributed by atoms with E-state index in [1.807, 2.05) is 0 Å². The average molecular weight is 105 g/mol. The zero-order valence-corrected chi connectivity index (χ0v) is 4.30. The lowest BCUT2D eigenvalue weighted by molar-refractivity contribution is 0.257. The van der Waals surface area contributed by atoms with Gasteiger partial charge < -0.3 is 10.2 Å².